The van der Waals surface area contributed by atoms with Crippen molar-refractivity contribution >= 4 is 6.29 Å². The molecule has 1 aromatic rings. The lowest BCUT2D eigenvalue weighted by Gasteiger charge is -2.14. The molecule has 0 radical (unpaired) electrons. The molecule has 70 valence electrons. The fourth-order valence-electron chi connectivity index (χ4n) is 1.18. The highest BCUT2D eigenvalue weighted by atomic mass is 16.7. The van der Waals surface area contributed by atoms with Crippen molar-refractivity contribution in [1.29, 1.82) is 0 Å². The van der Waals surface area contributed by atoms with Crippen molar-refractivity contribution in [3.05, 3.63) is 35.4 Å². The van der Waals surface area contributed by atoms with E-state index in [9.17, 15) is 4.79 Å². The average Bonchev–Trinajstić information content (AvgIpc) is 2.20. The van der Waals surface area contributed by atoms with Gasteiger partial charge in [0.05, 0.1) is 0 Å². The summed E-state index contributed by atoms with van der Waals surface area (Å²) in [6, 6.07) is 7.18. The lowest BCUT2D eigenvalue weighted by atomic mass is 10.1. The zero-order chi connectivity index (χ0) is 9.68. The Kier molecular flexibility index (Phi) is 3.61. The molecule has 0 unspecified atom stereocenters. The van der Waals surface area contributed by atoms with Crippen LogP contribution in [0.1, 0.15) is 22.2 Å². The number of hydrogen-bond acceptors (Lipinski definition) is 3. The molecule has 0 saturated heterocycles. The third-order valence-electron chi connectivity index (χ3n) is 1.81. The number of rotatable bonds is 4. The van der Waals surface area contributed by atoms with Crippen LogP contribution >= 0.6 is 0 Å². The van der Waals surface area contributed by atoms with E-state index in [1.165, 1.54) is 14.2 Å². The number of benzene rings is 1. The molecule has 0 atom stereocenters. The molecule has 0 aliphatic carbocycles. The Bertz CT molecular complexity index is 279. The molecule has 0 spiro atoms. The molecular weight excluding hydrogens is 168 g/mol. The van der Waals surface area contributed by atoms with E-state index in [0.717, 1.165) is 11.8 Å². The van der Waals surface area contributed by atoms with Crippen molar-refractivity contribution in [2.45, 2.75) is 6.29 Å². The quantitative estimate of drug-likeness (QED) is 0.523. The van der Waals surface area contributed by atoms with E-state index in [-0.39, 0.29) is 0 Å². The minimum Gasteiger partial charge on any atom is -0.352 e. The number of hydrogen-bond donors (Lipinski definition) is 0. The van der Waals surface area contributed by atoms with E-state index < -0.39 is 6.29 Å². The molecule has 0 aromatic heterocycles. The maximum Gasteiger partial charge on any atom is 0.183 e. The smallest absolute Gasteiger partial charge is 0.183 e. The van der Waals surface area contributed by atoms with Gasteiger partial charge in [0.2, 0.25) is 0 Å². The molecule has 0 saturated carbocycles. The van der Waals surface area contributed by atoms with Gasteiger partial charge in [0.1, 0.15) is 0 Å². The van der Waals surface area contributed by atoms with E-state index in [4.69, 9.17) is 9.47 Å². The maximum atomic E-state index is 10.7. The first-order chi connectivity index (χ1) is 6.33. The normalized spacial score (nSPS) is 10.4. The van der Waals surface area contributed by atoms with Crippen LogP contribution in [0.4, 0.5) is 0 Å². The molecule has 0 aliphatic rings. The molecule has 1 rings (SSSR count). The molecular formula is C10H12O3. The van der Waals surface area contributed by atoms with E-state index in [1.807, 2.05) is 6.07 Å². The summed E-state index contributed by atoms with van der Waals surface area (Å²) >= 11 is 0. The number of aldehydes is 1. The number of carbonyl (C=O) groups excluding carboxylic acids is 1. The van der Waals surface area contributed by atoms with Gasteiger partial charge in [-0.05, 0) is 0 Å². The topological polar surface area (TPSA) is 35.5 Å². The molecule has 3 nitrogen and oxygen atoms in total. The van der Waals surface area contributed by atoms with Gasteiger partial charge in [-0.25, -0.2) is 0 Å². The van der Waals surface area contributed by atoms with Gasteiger partial charge in [0.25, 0.3) is 0 Å². The zero-order valence-corrected chi connectivity index (χ0v) is 7.69. The van der Waals surface area contributed by atoms with Crippen molar-refractivity contribution in [2.24, 2.45) is 0 Å². The largest absolute Gasteiger partial charge is 0.352 e. The van der Waals surface area contributed by atoms with Gasteiger partial charge in [-0.3, -0.25) is 4.79 Å². The Balaban J connectivity index is 3.03. The summed E-state index contributed by atoms with van der Waals surface area (Å²) in [4.78, 5) is 10.7. The van der Waals surface area contributed by atoms with Gasteiger partial charge in [-0.15, -0.1) is 0 Å². The van der Waals surface area contributed by atoms with Gasteiger partial charge >= 0.3 is 0 Å². The summed E-state index contributed by atoms with van der Waals surface area (Å²) in [5.41, 5.74) is 1.35. The maximum absolute atomic E-state index is 10.7. The van der Waals surface area contributed by atoms with Crippen LogP contribution in [0.15, 0.2) is 24.3 Å². The summed E-state index contributed by atoms with van der Waals surface area (Å²) in [6.45, 7) is 0. The van der Waals surface area contributed by atoms with Crippen LogP contribution in [0.3, 0.4) is 0 Å². The van der Waals surface area contributed by atoms with Crippen LogP contribution in [0.5, 0.6) is 0 Å². The number of carbonyl (C=O) groups is 1. The summed E-state index contributed by atoms with van der Waals surface area (Å²) < 4.78 is 10.1. The Morgan fingerprint density at radius 1 is 1.23 bits per heavy atom. The van der Waals surface area contributed by atoms with Crippen LogP contribution in [0.25, 0.3) is 0 Å². The summed E-state index contributed by atoms with van der Waals surface area (Å²) in [6.07, 6.45) is 0.321. The highest BCUT2D eigenvalue weighted by Gasteiger charge is 2.11. The van der Waals surface area contributed by atoms with E-state index in [1.54, 1.807) is 18.2 Å². The first-order valence-corrected chi connectivity index (χ1v) is 3.93. The molecule has 13 heavy (non-hydrogen) atoms. The minimum atomic E-state index is -0.471. The van der Waals surface area contributed by atoms with Crippen molar-refractivity contribution in [3.63, 3.8) is 0 Å². The van der Waals surface area contributed by atoms with Crippen molar-refractivity contribution in [2.75, 3.05) is 14.2 Å². The third-order valence-corrected chi connectivity index (χ3v) is 1.81. The molecule has 3 heteroatoms. The van der Waals surface area contributed by atoms with Crippen molar-refractivity contribution < 1.29 is 14.3 Å². The highest BCUT2D eigenvalue weighted by Crippen LogP contribution is 2.19. The lowest BCUT2D eigenvalue weighted by molar-refractivity contribution is -0.106. The van der Waals surface area contributed by atoms with Gasteiger partial charge in [0, 0.05) is 25.3 Å². The summed E-state index contributed by atoms with van der Waals surface area (Å²) in [7, 11) is 3.07. The van der Waals surface area contributed by atoms with E-state index in [2.05, 4.69) is 0 Å². The molecule has 0 N–H and O–H groups in total. The molecule has 0 amide bonds. The minimum absolute atomic E-state index is 0.471. The molecule has 1 aromatic carbocycles. The fraction of sp³-hybridized carbons (Fsp3) is 0.300. The van der Waals surface area contributed by atoms with Crippen LogP contribution in [0, 0.1) is 0 Å². The fourth-order valence-corrected chi connectivity index (χ4v) is 1.18. The highest BCUT2D eigenvalue weighted by molar-refractivity contribution is 5.77. The standard InChI is InChI=1S/C10H12O3/c1-12-10(13-2)9-6-4-3-5-8(9)7-11/h3-7,10H,1-2H3. The zero-order valence-electron chi connectivity index (χ0n) is 7.69. The van der Waals surface area contributed by atoms with Crippen molar-refractivity contribution in [3.8, 4) is 0 Å². The second kappa shape index (κ2) is 4.74. The Morgan fingerprint density at radius 2 is 1.85 bits per heavy atom. The van der Waals surface area contributed by atoms with Crippen LogP contribution < -0.4 is 0 Å². The van der Waals surface area contributed by atoms with E-state index in [0.29, 0.717) is 5.56 Å². The van der Waals surface area contributed by atoms with E-state index >= 15 is 0 Å². The first kappa shape index (κ1) is 9.89. The van der Waals surface area contributed by atoms with Crippen LogP contribution in [-0.4, -0.2) is 20.5 Å². The van der Waals surface area contributed by atoms with Crippen LogP contribution in [0.2, 0.25) is 0 Å². The first-order valence-electron chi connectivity index (χ1n) is 3.93. The SMILES string of the molecule is COC(OC)c1ccccc1C=O. The predicted molar refractivity (Wildman–Crippen MR) is 48.6 cm³/mol. The Labute approximate surface area is 77.3 Å². The van der Waals surface area contributed by atoms with Gasteiger partial charge in [-0.2, -0.15) is 0 Å². The Hall–Kier alpha value is -1.19. The Morgan fingerprint density at radius 3 is 2.38 bits per heavy atom. The summed E-state index contributed by atoms with van der Waals surface area (Å²) in [5, 5.41) is 0. The van der Waals surface area contributed by atoms with Crippen LogP contribution in [-0.2, 0) is 9.47 Å². The predicted octanol–water partition coefficient (Wildman–Crippen LogP) is 1.79. The monoisotopic (exact) mass is 180 g/mol. The lowest BCUT2D eigenvalue weighted by Crippen LogP contribution is -2.06. The number of methoxy groups -OCH3 is 2. The van der Waals surface area contributed by atoms with Gasteiger partial charge in [0.15, 0.2) is 12.6 Å². The molecule has 0 aliphatic heterocycles. The summed E-state index contributed by atoms with van der Waals surface area (Å²) in [5.74, 6) is 0. The van der Waals surface area contributed by atoms with Gasteiger partial charge in [-0.1, -0.05) is 24.3 Å². The third kappa shape index (κ3) is 2.14. The average molecular weight is 180 g/mol. The number of ether oxygens (including phenoxy) is 2. The second-order valence-electron chi connectivity index (χ2n) is 2.55. The molecule has 0 bridgehead atoms. The molecule has 0 heterocycles. The van der Waals surface area contributed by atoms with Crippen molar-refractivity contribution in [1.82, 2.24) is 0 Å². The second-order valence-corrected chi connectivity index (χ2v) is 2.55. The molecule has 0 fully saturated rings. The van der Waals surface area contributed by atoms with Gasteiger partial charge < -0.3 is 9.47 Å².